The van der Waals surface area contributed by atoms with Crippen molar-refractivity contribution in [3.63, 3.8) is 0 Å². The molecule has 0 saturated heterocycles. The highest BCUT2D eigenvalue weighted by Crippen LogP contribution is 2.32. The predicted octanol–water partition coefficient (Wildman–Crippen LogP) is 2.69. The molecule has 0 aliphatic heterocycles. The number of rotatable bonds is 3. The molecule has 2 heterocycles. The van der Waals surface area contributed by atoms with E-state index in [-0.39, 0.29) is 0 Å². The largest absolute Gasteiger partial charge is 0.480 e. The summed E-state index contributed by atoms with van der Waals surface area (Å²) in [7, 11) is 1.59. The third-order valence-corrected chi connectivity index (χ3v) is 3.61. The quantitative estimate of drug-likeness (QED) is 0.754. The Hall–Kier alpha value is -1.20. The maximum atomic E-state index is 10.5. The Morgan fingerprint density at radius 1 is 1.43 bits per heavy atom. The van der Waals surface area contributed by atoms with E-state index < -0.39 is 0 Å². The Balaban J connectivity index is 2.33. The van der Waals surface area contributed by atoms with Crippen LogP contribution in [0.25, 0.3) is 9.75 Å². The first-order valence-corrected chi connectivity index (χ1v) is 5.53. The van der Waals surface area contributed by atoms with Gasteiger partial charge < -0.3 is 4.74 Å². The van der Waals surface area contributed by atoms with Gasteiger partial charge in [-0.2, -0.15) is 4.37 Å². The van der Waals surface area contributed by atoms with Gasteiger partial charge in [-0.1, -0.05) is 0 Å². The van der Waals surface area contributed by atoms with E-state index >= 15 is 0 Å². The maximum Gasteiger partial charge on any atom is 0.225 e. The van der Waals surface area contributed by atoms with E-state index in [1.165, 1.54) is 22.9 Å². The summed E-state index contributed by atoms with van der Waals surface area (Å²) in [4.78, 5) is 12.6. The van der Waals surface area contributed by atoms with Crippen LogP contribution in [0.3, 0.4) is 0 Å². The lowest BCUT2D eigenvalue weighted by molar-refractivity contribution is 0.112. The third-order valence-electron chi connectivity index (χ3n) is 1.70. The van der Waals surface area contributed by atoms with Gasteiger partial charge in [0.1, 0.15) is 0 Å². The van der Waals surface area contributed by atoms with Gasteiger partial charge in [0, 0.05) is 21.9 Å². The van der Waals surface area contributed by atoms with E-state index in [4.69, 9.17) is 4.74 Å². The fraction of sp³-hybridized carbons (Fsp3) is 0.111. The molecule has 0 amide bonds. The summed E-state index contributed by atoms with van der Waals surface area (Å²) >= 11 is 2.91. The van der Waals surface area contributed by atoms with Gasteiger partial charge in [-0.25, -0.2) is 0 Å². The minimum atomic E-state index is 0.617. The number of carbonyl (C=O) groups is 1. The lowest BCUT2D eigenvalue weighted by Crippen LogP contribution is -1.78. The van der Waals surface area contributed by atoms with E-state index in [1.807, 2.05) is 17.5 Å². The molecule has 5 heteroatoms. The first kappa shape index (κ1) is 9.36. The lowest BCUT2D eigenvalue weighted by Gasteiger charge is -1.87. The number of methoxy groups -OCH3 is 1. The third kappa shape index (κ3) is 1.69. The second-order valence-electron chi connectivity index (χ2n) is 2.60. The Kier molecular flexibility index (Phi) is 2.60. The number of hydrogen-bond donors (Lipinski definition) is 0. The number of carbonyl (C=O) groups excluding carboxylic acids is 1. The lowest BCUT2D eigenvalue weighted by atomic mass is 10.3. The molecule has 3 nitrogen and oxygen atoms in total. The molecule has 0 bridgehead atoms. The monoisotopic (exact) mass is 225 g/mol. The minimum Gasteiger partial charge on any atom is -0.480 e. The van der Waals surface area contributed by atoms with Crippen molar-refractivity contribution in [1.82, 2.24) is 4.37 Å². The molecule has 0 atom stereocenters. The Morgan fingerprint density at radius 2 is 2.29 bits per heavy atom. The van der Waals surface area contributed by atoms with Crippen LogP contribution in [0.15, 0.2) is 17.5 Å². The number of hydrogen-bond acceptors (Lipinski definition) is 5. The summed E-state index contributed by atoms with van der Waals surface area (Å²) in [6.07, 6.45) is 0.846. The van der Waals surface area contributed by atoms with E-state index in [0.29, 0.717) is 11.4 Å². The van der Waals surface area contributed by atoms with Crippen molar-refractivity contribution in [3.05, 3.63) is 23.1 Å². The van der Waals surface area contributed by atoms with Gasteiger partial charge in [0.15, 0.2) is 6.29 Å². The van der Waals surface area contributed by atoms with Gasteiger partial charge in [0.2, 0.25) is 5.88 Å². The number of ether oxygens (including phenoxy) is 1. The zero-order valence-electron chi connectivity index (χ0n) is 7.39. The molecule has 0 radical (unpaired) electrons. The fourth-order valence-electron chi connectivity index (χ4n) is 1.01. The molecule has 2 aromatic heterocycles. The van der Waals surface area contributed by atoms with Crippen molar-refractivity contribution in [2.45, 2.75) is 0 Å². The van der Waals surface area contributed by atoms with Gasteiger partial charge >= 0.3 is 0 Å². The van der Waals surface area contributed by atoms with Crippen LogP contribution in [0.2, 0.25) is 0 Å². The summed E-state index contributed by atoms with van der Waals surface area (Å²) in [6, 6.07) is 3.72. The Labute approximate surface area is 89.1 Å². The van der Waals surface area contributed by atoms with Crippen molar-refractivity contribution in [1.29, 1.82) is 0 Å². The molecule has 0 aliphatic rings. The second kappa shape index (κ2) is 3.89. The van der Waals surface area contributed by atoms with Gasteiger partial charge in [0.05, 0.1) is 12.0 Å². The second-order valence-corrected chi connectivity index (χ2v) is 4.31. The van der Waals surface area contributed by atoms with Crippen LogP contribution < -0.4 is 4.74 Å². The highest BCUT2D eigenvalue weighted by molar-refractivity contribution is 7.19. The van der Waals surface area contributed by atoms with Gasteiger partial charge in [-0.3, -0.25) is 4.79 Å². The van der Waals surface area contributed by atoms with E-state index in [9.17, 15) is 4.79 Å². The predicted molar refractivity (Wildman–Crippen MR) is 57.4 cm³/mol. The zero-order valence-corrected chi connectivity index (χ0v) is 9.02. The van der Waals surface area contributed by atoms with Crippen molar-refractivity contribution in [2.24, 2.45) is 0 Å². The SMILES string of the molecule is COc1cc(-c2cc(C=O)cs2)sn1. The molecular formula is C9H7NO2S2. The van der Waals surface area contributed by atoms with Crippen LogP contribution in [0.1, 0.15) is 10.4 Å². The Bertz CT molecular complexity index is 447. The van der Waals surface area contributed by atoms with E-state index in [1.54, 1.807) is 7.11 Å². The molecule has 0 aromatic carbocycles. The molecule has 0 aliphatic carbocycles. The van der Waals surface area contributed by atoms with Crippen LogP contribution in [0, 0.1) is 0 Å². The molecule has 2 aromatic rings. The van der Waals surface area contributed by atoms with Crippen molar-refractivity contribution < 1.29 is 9.53 Å². The molecule has 14 heavy (non-hydrogen) atoms. The molecule has 72 valence electrons. The highest BCUT2D eigenvalue weighted by Gasteiger charge is 2.06. The average molecular weight is 225 g/mol. The molecule has 0 N–H and O–H groups in total. The standard InChI is InChI=1S/C9H7NO2S2/c1-12-9-3-8(14-10-9)7-2-6(4-11)5-13-7/h2-5H,1H3. The topological polar surface area (TPSA) is 39.2 Å². The van der Waals surface area contributed by atoms with Crippen molar-refractivity contribution in [3.8, 4) is 15.6 Å². The summed E-state index contributed by atoms with van der Waals surface area (Å²) in [6.45, 7) is 0. The molecule has 0 fully saturated rings. The number of nitrogens with zero attached hydrogens (tertiary/aromatic N) is 1. The van der Waals surface area contributed by atoms with Crippen molar-refractivity contribution >= 4 is 29.2 Å². The maximum absolute atomic E-state index is 10.5. The molecule has 0 unspecified atom stereocenters. The molecule has 0 saturated carbocycles. The number of aromatic nitrogens is 1. The Morgan fingerprint density at radius 3 is 2.86 bits per heavy atom. The first-order valence-electron chi connectivity index (χ1n) is 3.88. The molecular weight excluding hydrogens is 218 g/mol. The summed E-state index contributed by atoms with van der Waals surface area (Å²) in [5.41, 5.74) is 0.706. The van der Waals surface area contributed by atoms with Crippen molar-refractivity contribution in [2.75, 3.05) is 7.11 Å². The van der Waals surface area contributed by atoms with Crippen LogP contribution in [-0.2, 0) is 0 Å². The van der Waals surface area contributed by atoms with E-state index in [2.05, 4.69) is 4.37 Å². The summed E-state index contributed by atoms with van der Waals surface area (Å²) in [5.74, 6) is 0.617. The van der Waals surface area contributed by atoms with Gasteiger partial charge in [-0.15, -0.1) is 11.3 Å². The van der Waals surface area contributed by atoms with Crippen LogP contribution in [0.5, 0.6) is 5.88 Å². The molecule has 0 spiro atoms. The summed E-state index contributed by atoms with van der Waals surface area (Å²) in [5, 5.41) is 1.83. The van der Waals surface area contributed by atoms with E-state index in [0.717, 1.165) is 16.0 Å². The van der Waals surface area contributed by atoms with Crippen LogP contribution in [-0.4, -0.2) is 17.8 Å². The minimum absolute atomic E-state index is 0.617. The number of aldehydes is 1. The zero-order chi connectivity index (χ0) is 9.97. The normalized spacial score (nSPS) is 10.1. The highest BCUT2D eigenvalue weighted by atomic mass is 32.1. The first-order chi connectivity index (χ1) is 6.83. The average Bonchev–Trinajstić information content (AvgIpc) is 2.86. The van der Waals surface area contributed by atoms with Gasteiger partial charge in [-0.05, 0) is 17.6 Å². The van der Waals surface area contributed by atoms with Crippen LogP contribution in [0.4, 0.5) is 0 Å². The smallest absolute Gasteiger partial charge is 0.225 e. The molecule has 2 rings (SSSR count). The fourth-order valence-corrected chi connectivity index (χ4v) is 2.65. The van der Waals surface area contributed by atoms with Gasteiger partial charge in [0.25, 0.3) is 0 Å². The number of thiophene rings is 1. The summed E-state index contributed by atoms with van der Waals surface area (Å²) < 4.78 is 9.07. The van der Waals surface area contributed by atoms with Crippen LogP contribution >= 0.6 is 22.9 Å².